The van der Waals surface area contributed by atoms with Crippen LogP contribution in [-0.2, 0) is 4.74 Å². The number of thiazole rings is 1. The highest BCUT2D eigenvalue weighted by atomic mass is 32.1. The summed E-state index contributed by atoms with van der Waals surface area (Å²) < 4.78 is 5.60. The summed E-state index contributed by atoms with van der Waals surface area (Å²) in [6.45, 7) is 1.99. The van der Waals surface area contributed by atoms with Gasteiger partial charge in [0.2, 0.25) is 5.95 Å². The Hall–Kier alpha value is -2.06. The third-order valence-corrected chi connectivity index (χ3v) is 4.78. The Labute approximate surface area is 131 Å². The lowest BCUT2D eigenvalue weighted by Gasteiger charge is -2.21. The van der Waals surface area contributed by atoms with Crippen LogP contribution in [0.1, 0.15) is 10.5 Å². The number of nitrogens with one attached hydrogen (secondary N) is 1. The number of carbonyl (C=O) groups excluding carboxylic acids is 1. The lowest BCUT2D eigenvalue weighted by Crippen LogP contribution is -2.41. The molecule has 2 fully saturated rings. The zero-order valence-corrected chi connectivity index (χ0v) is 12.6. The van der Waals surface area contributed by atoms with Gasteiger partial charge in [0.1, 0.15) is 5.69 Å². The van der Waals surface area contributed by atoms with Crippen molar-refractivity contribution in [2.24, 2.45) is 5.92 Å². The van der Waals surface area contributed by atoms with Crippen molar-refractivity contribution in [2.75, 3.05) is 24.7 Å². The first-order valence-electron chi connectivity index (χ1n) is 7.13. The third-order valence-electron chi connectivity index (χ3n) is 4.19. The maximum absolute atomic E-state index is 12.2. The summed E-state index contributed by atoms with van der Waals surface area (Å²) in [5.74, 6) is 0.813. The predicted molar refractivity (Wildman–Crippen MR) is 80.8 cm³/mol. The van der Waals surface area contributed by atoms with Crippen LogP contribution in [0, 0.1) is 5.92 Å². The molecule has 0 spiro atoms. The molecule has 2 aromatic heterocycles. The molecular formula is C14H15N5O2S. The van der Waals surface area contributed by atoms with Crippen molar-refractivity contribution in [1.82, 2.24) is 20.3 Å². The minimum absolute atomic E-state index is 0.0190. The average Bonchev–Trinajstić information content (AvgIpc) is 3.27. The zero-order valence-electron chi connectivity index (χ0n) is 11.8. The molecular weight excluding hydrogens is 302 g/mol. The molecule has 3 atom stereocenters. The van der Waals surface area contributed by atoms with Gasteiger partial charge in [-0.3, -0.25) is 4.79 Å². The Kier molecular flexibility index (Phi) is 3.47. The van der Waals surface area contributed by atoms with E-state index >= 15 is 0 Å². The maximum Gasteiger partial charge on any atom is 0.271 e. The van der Waals surface area contributed by atoms with Crippen LogP contribution in [0.15, 0.2) is 29.4 Å². The molecule has 0 aliphatic carbocycles. The molecule has 1 amide bonds. The van der Waals surface area contributed by atoms with Gasteiger partial charge in [0.05, 0.1) is 30.8 Å². The average molecular weight is 317 g/mol. The molecule has 4 heterocycles. The van der Waals surface area contributed by atoms with E-state index in [1.165, 1.54) is 11.3 Å². The number of carbonyl (C=O) groups is 1. The molecule has 22 heavy (non-hydrogen) atoms. The van der Waals surface area contributed by atoms with E-state index in [1.54, 1.807) is 29.4 Å². The Balaban J connectivity index is 1.53. The molecule has 0 aromatic carbocycles. The van der Waals surface area contributed by atoms with E-state index in [0.29, 0.717) is 31.4 Å². The highest BCUT2D eigenvalue weighted by Crippen LogP contribution is 2.32. The number of amides is 1. The van der Waals surface area contributed by atoms with Crippen LogP contribution in [-0.4, -0.2) is 52.7 Å². The van der Waals surface area contributed by atoms with Crippen molar-refractivity contribution >= 4 is 23.2 Å². The van der Waals surface area contributed by atoms with Crippen molar-refractivity contribution in [2.45, 2.75) is 12.1 Å². The third kappa shape index (κ3) is 2.34. The molecule has 7 nitrogen and oxygen atoms in total. The SMILES string of the molecule is O=C(N[C@@H]1CN(c2ncccn2)[C@H]2COC[C@@H]12)c1cscn1. The molecule has 2 aliphatic heterocycles. The zero-order chi connectivity index (χ0) is 14.9. The van der Waals surface area contributed by atoms with Gasteiger partial charge in [0.15, 0.2) is 0 Å². The quantitative estimate of drug-likeness (QED) is 0.891. The smallest absolute Gasteiger partial charge is 0.271 e. The van der Waals surface area contributed by atoms with Gasteiger partial charge in [-0.2, -0.15) is 0 Å². The number of fused-ring (bicyclic) bond motifs is 1. The Bertz CT molecular complexity index is 651. The second-order valence-corrected chi connectivity index (χ2v) is 6.14. The van der Waals surface area contributed by atoms with Crippen LogP contribution >= 0.6 is 11.3 Å². The summed E-state index contributed by atoms with van der Waals surface area (Å²) >= 11 is 1.42. The molecule has 0 radical (unpaired) electrons. The van der Waals surface area contributed by atoms with Crippen LogP contribution in [0.4, 0.5) is 5.95 Å². The molecule has 2 aliphatic rings. The van der Waals surface area contributed by atoms with Gasteiger partial charge < -0.3 is 15.0 Å². The first-order valence-corrected chi connectivity index (χ1v) is 8.07. The molecule has 0 bridgehead atoms. The highest BCUT2D eigenvalue weighted by molar-refractivity contribution is 7.07. The summed E-state index contributed by atoms with van der Waals surface area (Å²) in [7, 11) is 0. The molecule has 8 heteroatoms. The lowest BCUT2D eigenvalue weighted by molar-refractivity contribution is 0.0919. The molecule has 1 N–H and O–H groups in total. The fourth-order valence-electron chi connectivity index (χ4n) is 3.14. The van der Waals surface area contributed by atoms with Crippen molar-refractivity contribution in [3.8, 4) is 0 Å². The first-order chi connectivity index (χ1) is 10.8. The fourth-order valence-corrected chi connectivity index (χ4v) is 3.67. The second kappa shape index (κ2) is 5.62. The van der Waals surface area contributed by atoms with Gasteiger partial charge in [-0.15, -0.1) is 11.3 Å². The van der Waals surface area contributed by atoms with E-state index in [9.17, 15) is 4.79 Å². The Morgan fingerprint density at radius 2 is 2.18 bits per heavy atom. The van der Waals surface area contributed by atoms with Gasteiger partial charge in [0, 0.05) is 30.2 Å². The highest BCUT2D eigenvalue weighted by Gasteiger charge is 2.47. The number of anilines is 1. The number of aromatic nitrogens is 3. The van der Waals surface area contributed by atoms with Crippen molar-refractivity contribution < 1.29 is 9.53 Å². The van der Waals surface area contributed by atoms with Crippen LogP contribution < -0.4 is 10.2 Å². The molecule has 0 saturated carbocycles. The Morgan fingerprint density at radius 1 is 1.32 bits per heavy atom. The summed E-state index contributed by atoms with van der Waals surface area (Å²) in [6.07, 6.45) is 3.46. The van der Waals surface area contributed by atoms with E-state index in [1.807, 2.05) is 0 Å². The lowest BCUT2D eigenvalue weighted by atomic mass is 10.00. The normalized spacial score (nSPS) is 26.9. The van der Waals surface area contributed by atoms with Crippen molar-refractivity contribution in [3.05, 3.63) is 35.0 Å². The van der Waals surface area contributed by atoms with Crippen LogP contribution in [0.25, 0.3) is 0 Å². The Morgan fingerprint density at radius 3 is 2.95 bits per heavy atom. The number of hydrogen-bond donors (Lipinski definition) is 1. The molecule has 114 valence electrons. The van der Waals surface area contributed by atoms with Gasteiger partial charge >= 0.3 is 0 Å². The van der Waals surface area contributed by atoms with E-state index < -0.39 is 0 Å². The van der Waals surface area contributed by atoms with Crippen LogP contribution in [0.2, 0.25) is 0 Å². The van der Waals surface area contributed by atoms with E-state index in [0.717, 1.165) is 0 Å². The first kappa shape index (κ1) is 13.6. The fraction of sp³-hybridized carbons (Fsp3) is 0.429. The summed E-state index contributed by atoms with van der Waals surface area (Å²) in [5.41, 5.74) is 2.13. The van der Waals surface area contributed by atoms with Crippen molar-refractivity contribution in [1.29, 1.82) is 0 Å². The van der Waals surface area contributed by atoms with Gasteiger partial charge in [-0.05, 0) is 6.07 Å². The molecule has 2 saturated heterocycles. The maximum atomic E-state index is 12.2. The summed E-state index contributed by atoms with van der Waals surface area (Å²) in [5, 5.41) is 4.84. The number of hydrogen-bond acceptors (Lipinski definition) is 7. The van der Waals surface area contributed by atoms with Gasteiger partial charge in [0.25, 0.3) is 5.91 Å². The largest absolute Gasteiger partial charge is 0.379 e. The van der Waals surface area contributed by atoms with Crippen LogP contribution in [0.5, 0.6) is 0 Å². The number of rotatable bonds is 3. The number of nitrogens with zero attached hydrogens (tertiary/aromatic N) is 4. The minimum Gasteiger partial charge on any atom is -0.379 e. The summed E-state index contributed by atoms with van der Waals surface area (Å²) in [4.78, 5) is 27.1. The van der Waals surface area contributed by atoms with Gasteiger partial charge in [-0.1, -0.05) is 0 Å². The predicted octanol–water partition coefficient (Wildman–Crippen LogP) is 0.567. The number of ether oxygens (including phenoxy) is 1. The molecule has 2 aromatic rings. The van der Waals surface area contributed by atoms with Crippen molar-refractivity contribution in [3.63, 3.8) is 0 Å². The van der Waals surface area contributed by atoms with Crippen LogP contribution in [0.3, 0.4) is 0 Å². The topological polar surface area (TPSA) is 80.2 Å². The van der Waals surface area contributed by atoms with E-state index in [2.05, 4.69) is 25.2 Å². The minimum atomic E-state index is -0.132. The molecule has 4 rings (SSSR count). The molecule has 0 unspecified atom stereocenters. The summed E-state index contributed by atoms with van der Waals surface area (Å²) in [6, 6.07) is 2.03. The van der Waals surface area contributed by atoms with E-state index in [4.69, 9.17) is 4.74 Å². The standard InChI is InChI=1S/C14H15N5O2S/c20-13(11-7-22-8-17-11)18-10-4-19(12-6-21-5-9(10)12)14-15-2-1-3-16-14/h1-3,7-10,12H,4-6H2,(H,18,20)/t9-,10+,12-/m0/s1. The van der Waals surface area contributed by atoms with E-state index in [-0.39, 0.29) is 23.9 Å². The second-order valence-electron chi connectivity index (χ2n) is 5.42. The van der Waals surface area contributed by atoms with Gasteiger partial charge in [-0.25, -0.2) is 15.0 Å². The monoisotopic (exact) mass is 317 g/mol.